The van der Waals surface area contributed by atoms with Gasteiger partial charge in [0.25, 0.3) is 0 Å². The Kier molecular flexibility index (Phi) is 11.6. The lowest BCUT2D eigenvalue weighted by Gasteiger charge is -2.29. The average molecular weight is 438 g/mol. The molecule has 0 aliphatic heterocycles. The van der Waals surface area contributed by atoms with Gasteiger partial charge in [-0.3, -0.25) is 0 Å². The van der Waals surface area contributed by atoms with Crippen LogP contribution in [0.4, 0.5) is 0 Å². The Balaban J connectivity index is 4.16. The molecular weight excluding hydrogens is 406 g/mol. The first-order valence-corrected chi connectivity index (χ1v) is 10.8. The second-order valence-electron chi connectivity index (χ2n) is 6.20. The standard InChI is InChI=1S/C30H31NS/c1-9-17-18-23-25(15-7)31(24(14-6)19-10-2)28(21-12-4)30-26(16-8)27(20-11-3)29(32-30)22-13-5/h9-23H,1-8H2/b18-17-,24-19+,25-23+,27-20-,28-21+,29-22+. The first-order valence-electron chi connectivity index (χ1n) is 9.99. The number of hydrogen-bond acceptors (Lipinski definition) is 2. The van der Waals surface area contributed by atoms with Crippen LogP contribution in [0.3, 0.4) is 0 Å². The number of allylic oxidation sites excluding steroid dienone is 12. The molecule has 0 saturated carbocycles. The highest BCUT2D eigenvalue weighted by molar-refractivity contribution is 7.11. The van der Waals surface area contributed by atoms with E-state index in [1.165, 1.54) is 0 Å². The van der Waals surface area contributed by atoms with Crippen molar-refractivity contribution in [3.8, 4) is 0 Å². The second-order valence-corrected chi connectivity index (χ2v) is 7.25. The minimum absolute atomic E-state index is 0.832. The van der Waals surface area contributed by atoms with Crippen LogP contribution in [0.5, 0.6) is 0 Å². The van der Waals surface area contributed by atoms with Crippen LogP contribution >= 0.6 is 11.3 Å². The summed E-state index contributed by atoms with van der Waals surface area (Å²) in [5.74, 6) is 0. The van der Waals surface area contributed by atoms with Crippen LogP contribution in [0, 0.1) is 0 Å². The van der Waals surface area contributed by atoms with E-state index in [1.807, 2.05) is 48.6 Å². The Morgan fingerprint density at radius 3 is 1.78 bits per heavy atom. The average Bonchev–Trinajstić information content (AvgIpc) is 3.13. The molecule has 0 aromatic carbocycles. The Labute approximate surface area is 197 Å². The van der Waals surface area contributed by atoms with Gasteiger partial charge in [0.05, 0.1) is 10.6 Å². The van der Waals surface area contributed by atoms with E-state index >= 15 is 0 Å². The van der Waals surface area contributed by atoms with Crippen LogP contribution < -0.4 is 9.75 Å². The predicted octanol–water partition coefficient (Wildman–Crippen LogP) is 7.22. The third-order valence-corrected chi connectivity index (χ3v) is 5.47. The predicted molar refractivity (Wildman–Crippen MR) is 149 cm³/mol. The lowest BCUT2D eigenvalue weighted by atomic mass is 10.1. The van der Waals surface area contributed by atoms with Gasteiger partial charge in [0.15, 0.2) is 0 Å². The molecule has 0 atom stereocenters. The first kappa shape index (κ1) is 26.2. The molecule has 0 bridgehead atoms. The van der Waals surface area contributed by atoms with E-state index in [9.17, 15) is 0 Å². The monoisotopic (exact) mass is 437 g/mol. The molecule has 0 N–H and O–H groups in total. The van der Waals surface area contributed by atoms with Gasteiger partial charge >= 0.3 is 0 Å². The summed E-state index contributed by atoms with van der Waals surface area (Å²) in [6.45, 7) is 31.4. The van der Waals surface area contributed by atoms with Crippen molar-refractivity contribution in [3.05, 3.63) is 157 Å². The van der Waals surface area contributed by atoms with Crippen molar-refractivity contribution >= 4 is 35.3 Å². The summed E-state index contributed by atoms with van der Waals surface area (Å²) in [4.78, 5) is 3.07. The van der Waals surface area contributed by atoms with Gasteiger partial charge in [-0.1, -0.05) is 107 Å². The van der Waals surface area contributed by atoms with E-state index in [4.69, 9.17) is 0 Å². The van der Waals surface area contributed by atoms with Crippen molar-refractivity contribution in [1.29, 1.82) is 0 Å². The van der Waals surface area contributed by atoms with E-state index < -0.39 is 0 Å². The van der Waals surface area contributed by atoms with Gasteiger partial charge < -0.3 is 4.90 Å². The number of nitrogens with zero attached hydrogens (tertiary/aromatic N) is 1. The molecule has 0 radical (unpaired) electrons. The largest absolute Gasteiger partial charge is 0.309 e. The van der Waals surface area contributed by atoms with E-state index in [1.54, 1.807) is 53.9 Å². The Bertz CT molecular complexity index is 1160. The molecule has 0 aliphatic rings. The molecule has 162 valence electrons. The first-order chi connectivity index (χ1) is 15.6. The number of hydrogen-bond donors (Lipinski definition) is 0. The van der Waals surface area contributed by atoms with E-state index in [0.717, 1.165) is 37.3 Å². The Morgan fingerprint density at radius 1 is 0.656 bits per heavy atom. The van der Waals surface area contributed by atoms with E-state index in [2.05, 4.69) is 57.5 Å². The van der Waals surface area contributed by atoms with Gasteiger partial charge in [0, 0.05) is 26.7 Å². The molecule has 1 aromatic rings. The van der Waals surface area contributed by atoms with Crippen molar-refractivity contribution in [1.82, 2.24) is 4.90 Å². The molecule has 0 saturated heterocycles. The molecule has 2 heteroatoms. The van der Waals surface area contributed by atoms with Crippen molar-refractivity contribution < 1.29 is 0 Å². The van der Waals surface area contributed by atoms with E-state index in [-0.39, 0.29) is 0 Å². The molecule has 1 rings (SSSR count). The smallest absolute Gasteiger partial charge is 0.0640 e. The maximum atomic E-state index is 4.07. The minimum Gasteiger partial charge on any atom is -0.309 e. The van der Waals surface area contributed by atoms with Gasteiger partial charge in [-0.2, -0.15) is 0 Å². The van der Waals surface area contributed by atoms with Crippen LogP contribution in [-0.2, 0) is 0 Å². The van der Waals surface area contributed by atoms with Gasteiger partial charge in [0.1, 0.15) is 0 Å². The fourth-order valence-corrected chi connectivity index (χ4v) is 4.24. The minimum atomic E-state index is 0.832. The SMILES string of the molecule is C=C/C=C\C=C(/C=C)N(/C(C=C)=C/C=C)/C(=C/C=C)c1sc(=C/C=C)/c(=C\C=C)c1C=C. The fraction of sp³-hybridized carbons (Fsp3) is 0. The van der Waals surface area contributed by atoms with Crippen molar-refractivity contribution in [2.75, 3.05) is 0 Å². The molecule has 0 fully saturated rings. The highest BCUT2D eigenvalue weighted by atomic mass is 32.1. The summed E-state index contributed by atoms with van der Waals surface area (Å²) in [7, 11) is 0. The van der Waals surface area contributed by atoms with Crippen molar-refractivity contribution in [2.45, 2.75) is 0 Å². The van der Waals surface area contributed by atoms with Crippen LogP contribution in [0.25, 0.3) is 23.9 Å². The Hall–Kier alpha value is -3.88. The summed E-state index contributed by atoms with van der Waals surface area (Å²) in [6, 6.07) is 0. The Morgan fingerprint density at radius 2 is 1.28 bits per heavy atom. The maximum absolute atomic E-state index is 4.07. The van der Waals surface area contributed by atoms with E-state index in [0.29, 0.717) is 0 Å². The van der Waals surface area contributed by atoms with Crippen LogP contribution in [-0.4, -0.2) is 4.90 Å². The summed E-state index contributed by atoms with van der Waals surface area (Å²) in [5, 5.41) is 1.04. The molecule has 0 spiro atoms. The third kappa shape index (κ3) is 6.31. The van der Waals surface area contributed by atoms with Crippen LogP contribution in [0.2, 0.25) is 0 Å². The zero-order chi connectivity index (χ0) is 23.9. The number of thiophene rings is 1. The van der Waals surface area contributed by atoms with Crippen LogP contribution in [0.1, 0.15) is 10.4 Å². The van der Waals surface area contributed by atoms with Crippen molar-refractivity contribution in [2.24, 2.45) is 0 Å². The molecule has 0 aliphatic carbocycles. The topological polar surface area (TPSA) is 3.24 Å². The van der Waals surface area contributed by atoms with Gasteiger partial charge in [-0.25, -0.2) is 0 Å². The molecular formula is C30H31NS. The third-order valence-electron chi connectivity index (χ3n) is 4.26. The number of rotatable bonds is 13. The van der Waals surface area contributed by atoms with Crippen molar-refractivity contribution in [3.63, 3.8) is 0 Å². The molecule has 0 amide bonds. The molecule has 1 heterocycles. The van der Waals surface area contributed by atoms with Gasteiger partial charge in [0.2, 0.25) is 0 Å². The maximum Gasteiger partial charge on any atom is 0.0640 e. The molecule has 1 nitrogen and oxygen atoms in total. The summed E-state index contributed by atoms with van der Waals surface area (Å²) < 4.78 is 1.06. The normalized spacial score (nSPS) is 13.6. The van der Waals surface area contributed by atoms with Gasteiger partial charge in [-0.05, 0) is 36.5 Å². The van der Waals surface area contributed by atoms with Gasteiger partial charge in [-0.15, -0.1) is 11.3 Å². The highest BCUT2D eigenvalue weighted by Gasteiger charge is 2.21. The zero-order valence-corrected chi connectivity index (χ0v) is 19.5. The summed E-state index contributed by atoms with van der Waals surface area (Å²) in [6.07, 6.45) is 27.7. The quantitative estimate of drug-likeness (QED) is 0.294. The van der Waals surface area contributed by atoms with Crippen LogP contribution in [0.15, 0.2) is 137 Å². The zero-order valence-electron chi connectivity index (χ0n) is 18.7. The lowest BCUT2D eigenvalue weighted by Crippen LogP contribution is -2.21. The highest BCUT2D eigenvalue weighted by Crippen LogP contribution is 2.33. The second kappa shape index (κ2) is 14.2. The lowest BCUT2D eigenvalue weighted by molar-refractivity contribution is 0.643. The fourth-order valence-electron chi connectivity index (χ4n) is 3.00. The summed E-state index contributed by atoms with van der Waals surface area (Å²) >= 11 is 1.64. The molecule has 32 heavy (non-hydrogen) atoms. The summed E-state index contributed by atoms with van der Waals surface area (Å²) in [5.41, 5.74) is 3.57. The molecule has 1 aromatic heterocycles. The molecule has 0 unspecified atom stereocenters.